The lowest BCUT2D eigenvalue weighted by Gasteiger charge is -2.67. The van der Waals surface area contributed by atoms with Crippen LogP contribution in [0.25, 0.3) is 0 Å². The number of aliphatic hydroxyl groups is 2. The van der Waals surface area contributed by atoms with E-state index < -0.39 is 132 Å². The van der Waals surface area contributed by atoms with Crippen LogP contribution in [0.3, 0.4) is 0 Å². The first-order valence-corrected chi connectivity index (χ1v) is 17.3. The summed E-state index contributed by atoms with van der Waals surface area (Å²) >= 11 is 0. The lowest BCUT2D eigenvalue weighted by atomic mass is 9.45. The molecule has 2 saturated carbocycles. The van der Waals surface area contributed by atoms with Gasteiger partial charge in [-0.05, 0) is 26.0 Å². The van der Waals surface area contributed by atoms with Crippen LogP contribution in [-0.4, -0.2) is 124 Å². The van der Waals surface area contributed by atoms with E-state index in [1.54, 1.807) is 6.92 Å². The minimum atomic E-state index is -2.78. The van der Waals surface area contributed by atoms with Gasteiger partial charge in [0.1, 0.15) is 48.1 Å². The second-order valence-corrected chi connectivity index (χ2v) is 14.7. The van der Waals surface area contributed by atoms with E-state index in [9.17, 15) is 43.8 Å². The first-order chi connectivity index (χ1) is 25.1. The van der Waals surface area contributed by atoms with Crippen LogP contribution in [0.5, 0.6) is 0 Å². The van der Waals surface area contributed by atoms with Crippen molar-refractivity contribution in [2.24, 2.45) is 17.3 Å². The second-order valence-electron chi connectivity index (χ2n) is 14.7. The van der Waals surface area contributed by atoms with Gasteiger partial charge in [-0.3, -0.25) is 33.8 Å². The molecule has 1 aromatic heterocycles. The maximum atomic E-state index is 14.2. The molecule has 0 aromatic carbocycles. The molecule has 0 radical (unpaired) electrons. The minimum absolute atomic E-state index is 0.0246. The summed E-state index contributed by atoms with van der Waals surface area (Å²) in [4.78, 5) is 97.0. The molecule has 18 nitrogen and oxygen atoms in total. The van der Waals surface area contributed by atoms with Crippen LogP contribution in [0.2, 0.25) is 0 Å². The van der Waals surface area contributed by atoms with Crippen molar-refractivity contribution in [3.63, 3.8) is 0 Å². The van der Waals surface area contributed by atoms with Crippen LogP contribution in [-0.2, 0) is 66.7 Å². The van der Waals surface area contributed by atoms with E-state index in [0.717, 1.165) is 41.5 Å². The summed E-state index contributed by atoms with van der Waals surface area (Å²) in [5.41, 5.74) is -9.90. The molecule has 296 valence electrons. The number of aliphatic hydroxyl groups excluding tert-OH is 1. The van der Waals surface area contributed by atoms with Crippen molar-refractivity contribution >= 4 is 41.8 Å². The number of cyclic esters (lactones) is 1. The lowest BCUT2D eigenvalue weighted by Crippen LogP contribution is -2.89. The molecule has 1 unspecified atom stereocenters. The summed E-state index contributed by atoms with van der Waals surface area (Å²) in [6.45, 7) is 8.75. The number of aromatic nitrogens is 1. The average molecular weight is 764 g/mol. The smallest absolute Gasteiger partial charge is 0.340 e. The summed E-state index contributed by atoms with van der Waals surface area (Å²) in [5.74, 6) is -10.5. The fourth-order valence-electron chi connectivity index (χ4n) is 8.96. The Morgan fingerprint density at radius 3 is 2.00 bits per heavy atom. The number of nitrogens with zero attached hydrogens (tertiary/aromatic N) is 1. The van der Waals surface area contributed by atoms with Crippen LogP contribution in [0.15, 0.2) is 18.3 Å². The predicted molar refractivity (Wildman–Crippen MR) is 176 cm³/mol. The highest BCUT2D eigenvalue weighted by molar-refractivity contribution is 5.91. The number of fused-ring (bicyclic) bond motifs is 5. The van der Waals surface area contributed by atoms with E-state index in [0.29, 0.717) is 0 Å². The van der Waals surface area contributed by atoms with E-state index in [4.69, 9.17) is 37.9 Å². The zero-order valence-corrected chi connectivity index (χ0v) is 31.3. The average Bonchev–Trinajstić information content (AvgIpc) is 3.30. The van der Waals surface area contributed by atoms with Crippen molar-refractivity contribution in [3.05, 3.63) is 29.6 Å². The Morgan fingerprint density at radius 1 is 0.852 bits per heavy atom. The van der Waals surface area contributed by atoms with Crippen molar-refractivity contribution in [2.75, 3.05) is 13.2 Å². The van der Waals surface area contributed by atoms with Gasteiger partial charge in [-0.1, -0.05) is 13.8 Å². The van der Waals surface area contributed by atoms with Crippen LogP contribution in [0, 0.1) is 17.3 Å². The summed E-state index contributed by atoms with van der Waals surface area (Å²) in [6, 6.07) is 2.91. The third-order valence-corrected chi connectivity index (χ3v) is 11.2. The molecular weight excluding hydrogens is 718 g/mol. The Labute approximate surface area is 310 Å². The third-order valence-electron chi connectivity index (χ3n) is 11.2. The predicted octanol–water partition coefficient (Wildman–Crippen LogP) is 0.463. The van der Waals surface area contributed by atoms with Gasteiger partial charge in [-0.15, -0.1) is 0 Å². The fraction of sp³-hybridized carbons (Fsp3) is 0.667. The quantitative estimate of drug-likeness (QED) is 0.295. The van der Waals surface area contributed by atoms with E-state index in [-0.39, 0.29) is 11.3 Å². The molecular formula is C36H45NO17. The molecule has 4 aliphatic rings. The first-order valence-electron chi connectivity index (χ1n) is 17.3. The van der Waals surface area contributed by atoms with Gasteiger partial charge in [0.15, 0.2) is 23.9 Å². The van der Waals surface area contributed by atoms with Crippen LogP contribution in [0.4, 0.5) is 0 Å². The van der Waals surface area contributed by atoms with E-state index in [1.807, 2.05) is 0 Å². The van der Waals surface area contributed by atoms with E-state index in [2.05, 4.69) is 4.98 Å². The standard InChI is InChI=1S/C36H45NO17/c1-15-16(2)31(44)53-29-26(49-18(4)39)30(52-21(7)42)35(14-47-17(3)38)28(51-20(6)41)25(43)23-27(50-19(5)40)36(35,34(29,9)46)54-33(23,8)13-48-32(45)22-11-10-12-37-24(15)22/h10-12,15-16,23,25-30,43,46H,13-14H2,1-9H3/t15-,16+,23?,25+,26-,27+,28+,29-,30-,33-,34-,35+,36-/m0/s1. The zero-order valence-electron chi connectivity index (χ0n) is 31.3. The number of ether oxygens (including phenoxy) is 8. The van der Waals surface area contributed by atoms with Gasteiger partial charge < -0.3 is 48.1 Å². The van der Waals surface area contributed by atoms with Gasteiger partial charge in [0, 0.05) is 46.7 Å². The van der Waals surface area contributed by atoms with Crippen molar-refractivity contribution in [1.29, 1.82) is 0 Å². The normalized spacial score (nSPS) is 39.8. The molecule has 0 amide bonds. The molecule has 2 aliphatic heterocycles. The topological polar surface area (TPSA) is 247 Å². The van der Waals surface area contributed by atoms with Gasteiger partial charge in [0.2, 0.25) is 0 Å². The largest absolute Gasteiger partial charge is 0.465 e. The van der Waals surface area contributed by atoms with Crippen LogP contribution in [0.1, 0.15) is 84.3 Å². The zero-order chi connectivity index (χ0) is 40.3. The van der Waals surface area contributed by atoms with Gasteiger partial charge in [0.25, 0.3) is 0 Å². The fourth-order valence-corrected chi connectivity index (χ4v) is 8.96. The highest BCUT2D eigenvalue weighted by Gasteiger charge is 2.91. The van der Waals surface area contributed by atoms with Gasteiger partial charge in [0.05, 0.1) is 23.1 Å². The van der Waals surface area contributed by atoms with Gasteiger partial charge in [-0.2, -0.15) is 0 Å². The summed E-state index contributed by atoms with van der Waals surface area (Å²) in [6.07, 6.45) is -10.6. The highest BCUT2D eigenvalue weighted by atomic mass is 16.7. The Bertz CT molecular complexity index is 1740. The third kappa shape index (κ3) is 6.17. The minimum Gasteiger partial charge on any atom is -0.465 e. The molecule has 1 spiro atoms. The van der Waals surface area contributed by atoms with Gasteiger partial charge in [-0.25, -0.2) is 4.79 Å². The Morgan fingerprint density at radius 2 is 1.43 bits per heavy atom. The number of pyridine rings is 1. The van der Waals surface area contributed by atoms with Gasteiger partial charge >= 0.3 is 41.8 Å². The number of hydrogen-bond donors (Lipinski definition) is 2. The SMILES string of the molecule is CC(=O)OC[C@]12[C@H](OC(C)=O)[C@H](O)C3[C@@H](OC(C)=O)[C@@]14O[C@@]3(C)COC(=O)c1cccnc1[C@@H](C)[C@@H](C)C(=O)O[C@@H]([C@H](OC(C)=O)[C@@H]2OC(C)=O)[C@]4(C)O. The molecule has 1 aromatic rings. The molecule has 3 fully saturated rings. The number of rotatable bonds is 6. The lowest BCUT2D eigenvalue weighted by molar-refractivity contribution is -0.386. The molecule has 13 atom stereocenters. The van der Waals surface area contributed by atoms with E-state index in [1.165, 1.54) is 32.2 Å². The van der Waals surface area contributed by atoms with Crippen molar-refractivity contribution in [3.8, 4) is 0 Å². The molecule has 2 N–H and O–H groups in total. The van der Waals surface area contributed by atoms with Crippen molar-refractivity contribution in [2.45, 2.75) is 122 Å². The number of hydrogen-bond acceptors (Lipinski definition) is 18. The van der Waals surface area contributed by atoms with Crippen molar-refractivity contribution in [1.82, 2.24) is 4.98 Å². The summed E-state index contributed by atoms with van der Waals surface area (Å²) < 4.78 is 47.7. The van der Waals surface area contributed by atoms with Crippen LogP contribution >= 0.6 is 0 Å². The molecule has 1 saturated heterocycles. The molecule has 18 heteroatoms. The highest BCUT2D eigenvalue weighted by Crippen LogP contribution is 2.69. The summed E-state index contributed by atoms with van der Waals surface area (Å²) in [5, 5.41) is 25.7. The van der Waals surface area contributed by atoms with Crippen LogP contribution < -0.4 is 0 Å². The Hall–Kier alpha value is -4.68. The number of esters is 7. The molecule has 4 bridgehead atoms. The number of carbonyl (C=O) groups is 7. The maximum Gasteiger partial charge on any atom is 0.340 e. The maximum absolute atomic E-state index is 14.2. The monoisotopic (exact) mass is 763 g/mol. The Balaban J connectivity index is 1.96. The molecule has 54 heavy (non-hydrogen) atoms. The summed E-state index contributed by atoms with van der Waals surface area (Å²) in [7, 11) is 0. The molecule has 3 heterocycles. The second kappa shape index (κ2) is 14.2. The van der Waals surface area contributed by atoms with E-state index >= 15 is 0 Å². The van der Waals surface area contributed by atoms with Crippen molar-refractivity contribution < 1.29 is 81.7 Å². The number of carbonyl (C=O) groups excluding carboxylic acids is 7. The molecule has 2 aliphatic carbocycles. The Kier molecular flexibility index (Phi) is 10.6. The first kappa shape index (κ1) is 40.5. The molecule has 5 rings (SSSR count).